The van der Waals surface area contributed by atoms with Gasteiger partial charge in [0.05, 0.1) is 26.7 Å². The Labute approximate surface area is 171 Å². The molecule has 1 atom stereocenters. The van der Waals surface area contributed by atoms with Gasteiger partial charge in [-0.3, -0.25) is 4.79 Å². The number of aryl methyl sites for hydroxylation is 1. The predicted octanol–water partition coefficient (Wildman–Crippen LogP) is 3.43. The van der Waals surface area contributed by atoms with E-state index in [0.717, 1.165) is 29.0 Å². The van der Waals surface area contributed by atoms with Gasteiger partial charge >= 0.3 is 0 Å². The summed E-state index contributed by atoms with van der Waals surface area (Å²) >= 11 is 0. The highest BCUT2D eigenvalue weighted by molar-refractivity contribution is 5.79. The van der Waals surface area contributed by atoms with Crippen molar-refractivity contribution in [1.29, 1.82) is 0 Å². The lowest BCUT2D eigenvalue weighted by Gasteiger charge is -2.20. The van der Waals surface area contributed by atoms with Crippen LogP contribution >= 0.6 is 0 Å². The molecule has 0 saturated heterocycles. The minimum absolute atomic E-state index is 0.0668. The maximum atomic E-state index is 12.8. The molecule has 0 unspecified atom stereocenters. The molecule has 0 aliphatic heterocycles. The molecule has 1 amide bonds. The Hall–Kier alpha value is -3.09. The van der Waals surface area contributed by atoms with Gasteiger partial charge in [0.2, 0.25) is 5.91 Å². The molecule has 0 fully saturated rings. The lowest BCUT2D eigenvalue weighted by Crippen LogP contribution is -2.32. The van der Waals surface area contributed by atoms with E-state index in [-0.39, 0.29) is 18.4 Å². The van der Waals surface area contributed by atoms with Crippen LogP contribution in [-0.2, 0) is 18.3 Å². The Balaban J connectivity index is 1.81. The summed E-state index contributed by atoms with van der Waals surface area (Å²) in [5, 5.41) is 3.16. The molecule has 3 aromatic rings. The standard InChI is InChI=1S/C22H28N4O3/c1-14(2)11-17(22-25-16-7-6-10-23-21(16)26(22)3)24-20(27)13-15-8-9-18(28-4)19(12-15)29-5/h6-10,12,14,17H,11,13H2,1-5H3,(H,24,27)/t17-/m1/s1. The first-order chi connectivity index (χ1) is 13.9. The van der Waals surface area contributed by atoms with Crippen LogP contribution in [0, 0.1) is 5.92 Å². The molecule has 7 heteroatoms. The van der Waals surface area contributed by atoms with Crippen molar-refractivity contribution in [2.75, 3.05) is 14.2 Å². The summed E-state index contributed by atoms with van der Waals surface area (Å²) in [4.78, 5) is 22.0. The minimum Gasteiger partial charge on any atom is -0.493 e. The number of hydrogen-bond acceptors (Lipinski definition) is 5. The van der Waals surface area contributed by atoms with Crippen LogP contribution in [-0.4, -0.2) is 34.7 Å². The Bertz CT molecular complexity index is 997. The Morgan fingerprint density at radius 1 is 1.17 bits per heavy atom. The molecule has 0 spiro atoms. The zero-order valence-corrected chi connectivity index (χ0v) is 17.6. The maximum absolute atomic E-state index is 12.8. The van der Waals surface area contributed by atoms with Crippen molar-refractivity contribution < 1.29 is 14.3 Å². The SMILES string of the molecule is COc1ccc(CC(=O)N[C@H](CC(C)C)c2nc3cccnc3n2C)cc1OC. The van der Waals surface area contributed by atoms with Crippen molar-refractivity contribution in [1.82, 2.24) is 19.9 Å². The molecule has 0 radical (unpaired) electrons. The van der Waals surface area contributed by atoms with E-state index in [1.54, 1.807) is 20.4 Å². The summed E-state index contributed by atoms with van der Waals surface area (Å²) in [5.74, 6) is 2.39. The normalized spacial score (nSPS) is 12.2. The minimum atomic E-state index is -0.193. The fourth-order valence-corrected chi connectivity index (χ4v) is 3.47. The van der Waals surface area contributed by atoms with E-state index in [1.807, 2.05) is 41.9 Å². The van der Waals surface area contributed by atoms with E-state index >= 15 is 0 Å². The lowest BCUT2D eigenvalue weighted by atomic mass is 10.0. The van der Waals surface area contributed by atoms with Gasteiger partial charge in [0, 0.05) is 13.2 Å². The number of carbonyl (C=O) groups is 1. The second-order valence-electron chi connectivity index (χ2n) is 7.49. The number of pyridine rings is 1. The molecule has 2 heterocycles. The molecule has 1 N–H and O–H groups in total. The van der Waals surface area contributed by atoms with Gasteiger partial charge in [0.1, 0.15) is 11.3 Å². The number of fused-ring (bicyclic) bond motifs is 1. The van der Waals surface area contributed by atoms with Crippen molar-refractivity contribution >= 4 is 17.1 Å². The van der Waals surface area contributed by atoms with Crippen LogP contribution in [0.4, 0.5) is 0 Å². The zero-order chi connectivity index (χ0) is 21.0. The summed E-state index contributed by atoms with van der Waals surface area (Å²) in [6, 6.07) is 9.12. The number of ether oxygens (including phenoxy) is 2. The highest BCUT2D eigenvalue weighted by Gasteiger charge is 2.22. The molecule has 0 saturated carbocycles. The van der Waals surface area contributed by atoms with E-state index in [1.165, 1.54) is 0 Å². The van der Waals surface area contributed by atoms with Crippen LogP contribution in [0.1, 0.15) is 37.7 Å². The van der Waals surface area contributed by atoms with E-state index < -0.39 is 0 Å². The smallest absolute Gasteiger partial charge is 0.225 e. The molecule has 1 aromatic carbocycles. The van der Waals surface area contributed by atoms with Crippen molar-refractivity contribution in [3.63, 3.8) is 0 Å². The second-order valence-corrected chi connectivity index (χ2v) is 7.49. The van der Waals surface area contributed by atoms with Crippen molar-refractivity contribution in [2.24, 2.45) is 13.0 Å². The summed E-state index contributed by atoms with van der Waals surface area (Å²) in [7, 11) is 5.11. The summed E-state index contributed by atoms with van der Waals surface area (Å²) < 4.78 is 12.6. The van der Waals surface area contributed by atoms with Gasteiger partial charge in [0.25, 0.3) is 0 Å². The summed E-state index contributed by atoms with van der Waals surface area (Å²) in [6.45, 7) is 4.27. The first-order valence-electron chi connectivity index (χ1n) is 9.70. The molecule has 0 aliphatic rings. The fraction of sp³-hybridized carbons (Fsp3) is 0.409. The van der Waals surface area contributed by atoms with Gasteiger partial charge in [-0.15, -0.1) is 0 Å². The molecule has 2 aromatic heterocycles. The molecule has 7 nitrogen and oxygen atoms in total. The van der Waals surface area contributed by atoms with Gasteiger partial charge in [-0.2, -0.15) is 0 Å². The number of aromatic nitrogens is 3. The average Bonchev–Trinajstić information content (AvgIpc) is 3.04. The lowest BCUT2D eigenvalue weighted by molar-refractivity contribution is -0.121. The third-order valence-electron chi connectivity index (χ3n) is 4.83. The number of nitrogens with one attached hydrogen (secondary N) is 1. The van der Waals surface area contributed by atoms with Gasteiger partial charge in [-0.05, 0) is 42.2 Å². The van der Waals surface area contributed by atoms with Crippen LogP contribution in [0.2, 0.25) is 0 Å². The van der Waals surface area contributed by atoms with Crippen LogP contribution in [0.15, 0.2) is 36.5 Å². The third kappa shape index (κ3) is 4.67. The molecule has 154 valence electrons. The predicted molar refractivity (Wildman–Crippen MR) is 112 cm³/mol. The number of rotatable bonds is 8. The number of hydrogen-bond donors (Lipinski definition) is 1. The highest BCUT2D eigenvalue weighted by atomic mass is 16.5. The largest absolute Gasteiger partial charge is 0.493 e. The van der Waals surface area contributed by atoms with Crippen molar-refractivity contribution in [2.45, 2.75) is 32.7 Å². The zero-order valence-electron chi connectivity index (χ0n) is 17.6. The molecule has 0 bridgehead atoms. The fourth-order valence-electron chi connectivity index (χ4n) is 3.47. The van der Waals surface area contributed by atoms with Gasteiger partial charge in [0.15, 0.2) is 17.1 Å². The third-order valence-corrected chi connectivity index (χ3v) is 4.83. The van der Waals surface area contributed by atoms with Gasteiger partial charge < -0.3 is 19.4 Å². The quantitative estimate of drug-likeness (QED) is 0.631. The van der Waals surface area contributed by atoms with E-state index in [4.69, 9.17) is 14.5 Å². The molecule has 3 rings (SSSR count). The van der Waals surface area contributed by atoms with Gasteiger partial charge in [-0.1, -0.05) is 19.9 Å². The monoisotopic (exact) mass is 396 g/mol. The molecule has 0 aliphatic carbocycles. The topological polar surface area (TPSA) is 78.3 Å². The van der Waals surface area contributed by atoms with E-state index in [2.05, 4.69) is 24.1 Å². The Morgan fingerprint density at radius 2 is 1.93 bits per heavy atom. The van der Waals surface area contributed by atoms with Crippen LogP contribution < -0.4 is 14.8 Å². The second kappa shape index (κ2) is 8.94. The van der Waals surface area contributed by atoms with Crippen LogP contribution in [0.3, 0.4) is 0 Å². The Kier molecular flexibility index (Phi) is 6.36. The molecular formula is C22H28N4O3. The number of benzene rings is 1. The highest BCUT2D eigenvalue weighted by Crippen LogP contribution is 2.28. The number of amides is 1. The summed E-state index contributed by atoms with van der Waals surface area (Å²) in [6.07, 6.45) is 2.78. The first-order valence-corrected chi connectivity index (χ1v) is 9.70. The average molecular weight is 396 g/mol. The van der Waals surface area contributed by atoms with Crippen molar-refractivity contribution in [3.05, 3.63) is 47.9 Å². The molecular weight excluding hydrogens is 368 g/mol. The van der Waals surface area contributed by atoms with Crippen molar-refractivity contribution in [3.8, 4) is 11.5 Å². The Morgan fingerprint density at radius 3 is 2.59 bits per heavy atom. The van der Waals surface area contributed by atoms with E-state index in [9.17, 15) is 4.79 Å². The summed E-state index contributed by atoms with van der Waals surface area (Å²) in [5.41, 5.74) is 2.49. The maximum Gasteiger partial charge on any atom is 0.225 e. The number of carbonyl (C=O) groups excluding carboxylic acids is 1. The van der Waals surface area contributed by atoms with Crippen LogP contribution in [0.25, 0.3) is 11.2 Å². The van der Waals surface area contributed by atoms with Gasteiger partial charge in [-0.25, -0.2) is 9.97 Å². The molecule has 29 heavy (non-hydrogen) atoms. The number of methoxy groups -OCH3 is 2. The number of nitrogens with zero attached hydrogens (tertiary/aromatic N) is 3. The van der Waals surface area contributed by atoms with E-state index in [0.29, 0.717) is 17.4 Å². The van der Waals surface area contributed by atoms with Crippen LogP contribution in [0.5, 0.6) is 11.5 Å². The first kappa shape index (κ1) is 20.6. The number of imidazole rings is 1.